The van der Waals surface area contributed by atoms with Gasteiger partial charge >= 0.3 is 0 Å². The molecule has 2 unspecified atom stereocenters. The zero-order valence-corrected chi connectivity index (χ0v) is 13.8. The number of halogens is 1. The minimum atomic E-state index is 0.407. The molecule has 2 aromatic rings. The van der Waals surface area contributed by atoms with Gasteiger partial charge in [0.2, 0.25) is 0 Å². The maximum absolute atomic E-state index is 6.09. The minimum Gasteiger partial charge on any atom is -0.495 e. The van der Waals surface area contributed by atoms with Gasteiger partial charge in [-0.1, -0.05) is 41.9 Å². The Balaban J connectivity index is 1.54. The van der Waals surface area contributed by atoms with Gasteiger partial charge in [0.25, 0.3) is 0 Å². The van der Waals surface area contributed by atoms with E-state index in [2.05, 4.69) is 34.6 Å². The summed E-state index contributed by atoms with van der Waals surface area (Å²) in [5.74, 6) is 2.24. The number of ether oxygens (including phenoxy) is 1. The molecule has 2 aromatic carbocycles. The third-order valence-electron chi connectivity index (χ3n) is 4.07. The number of guanidine groups is 1. The summed E-state index contributed by atoms with van der Waals surface area (Å²) in [5, 5.41) is 3.60. The highest BCUT2D eigenvalue weighted by atomic mass is 35.5. The first-order valence-corrected chi connectivity index (χ1v) is 8.00. The summed E-state index contributed by atoms with van der Waals surface area (Å²) in [6.07, 6.45) is 1.18. The smallest absolute Gasteiger partial charge is 0.193 e. The third kappa shape index (κ3) is 3.96. The van der Waals surface area contributed by atoms with E-state index in [-0.39, 0.29) is 0 Å². The highest BCUT2D eigenvalue weighted by Crippen LogP contribution is 2.47. The lowest BCUT2D eigenvalue weighted by Crippen LogP contribution is -2.23. The topological polar surface area (TPSA) is 59.6 Å². The van der Waals surface area contributed by atoms with Crippen LogP contribution in [0.4, 0.5) is 5.69 Å². The molecule has 0 aromatic heterocycles. The molecule has 5 heteroatoms. The number of anilines is 1. The second-order valence-corrected chi connectivity index (χ2v) is 6.12. The van der Waals surface area contributed by atoms with Crippen LogP contribution in [0, 0.1) is 5.92 Å². The van der Waals surface area contributed by atoms with Crippen LogP contribution in [0.2, 0.25) is 5.02 Å². The lowest BCUT2D eigenvalue weighted by Gasteiger charge is -2.08. The van der Waals surface area contributed by atoms with Gasteiger partial charge in [0, 0.05) is 12.2 Å². The molecule has 3 rings (SSSR count). The van der Waals surface area contributed by atoms with E-state index in [1.165, 1.54) is 12.0 Å². The first-order chi connectivity index (χ1) is 11.2. The Morgan fingerprint density at radius 2 is 2.09 bits per heavy atom. The Morgan fingerprint density at radius 1 is 1.30 bits per heavy atom. The van der Waals surface area contributed by atoms with Gasteiger partial charge in [-0.25, -0.2) is 0 Å². The standard InChI is InChI=1S/C18H20ClN3O/c1-23-17-8-7-14(10-16(17)19)22-18(20)21-11-13-9-15(13)12-5-3-2-4-6-12/h2-8,10,13,15H,9,11H2,1H3,(H3,20,21,22). The van der Waals surface area contributed by atoms with Crippen LogP contribution >= 0.6 is 11.6 Å². The van der Waals surface area contributed by atoms with Crippen LogP contribution in [0.1, 0.15) is 17.9 Å². The van der Waals surface area contributed by atoms with Crippen LogP contribution < -0.4 is 15.8 Å². The van der Waals surface area contributed by atoms with E-state index in [0.717, 1.165) is 12.2 Å². The zero-order valence-electron chi connectivity index (χ0n) is 13.0. The number of nitrogens with one attached hydrogen (secondary N) is 1. The maximum atomic E-state index is 6.09. The average Bonchev–Trinajstić information content (AvgIpc) is 3.34. The van der Waals surface area contributed by atoms with Crippen molar-refractivity contribution in [1.82, 2.24) is 0 Å². The van der Waals surface area contributed by atoms with Gasteiger partial charge < -0.3 is 15.8 Å². The molecule has 1 saturated carbocycles. The Bertz CT molecular complexity index is 703. The minimum absolute atomic E-state index is 0.407. The predicted molar refractivity (Wildman–Crippen MR) is 95.4 cm³/mol. The molecule has 120 valence electrons. The Hall–Kier alpha value is -2.20. The van der Waals surface area contributed by atoms with E-state index in [1.807, 2.05) is 12.1 Å². The average molecular weight is 330 g/mol. The molecule has 3 N–H and O–H groups in total. The van der Waals surface area contributed by atoms with Crippen LogP contribution in [0.25, 0.3) is 0 Å². The third-order valence-corrected chi connectivity index (χ3v) is 4.37. The summed E-state index contributed by atoms with van der Waals surface area (Å²) >= 11 is 6.09. The molecule has 1 aliphatic carbocycles. The van der Waals surface area contributed by atoms with Crippen LogP contribution in [-0.2, 0) is 0 Å². The van der Waals surface area contributed by atoms with E-state index in [1.54, 1.807) is 19.2 Å². The number of rotatable bonds is 5. The predicted octanol–water partition coefficient (Wildman–Crippen LogP) is 3.88. The van der Waals surface area contributed by atoms with Gasteiger partial charge in [-0.05, 0) is 42.0 Å². The second-order valence-electron chi connectivity index (χ2n) is 5.71. The molecule has 1 fully saturated rings. The highest BCUT2D eigenvalue weighted by Gasteiger charge is 2.37. The van der Waals surface area contributed by atoms with E-state index in [4.69, 9.17) is 22.1 Å². The van der Waals surface area contributed by atoms with Crippen LogP contribution in [-0.4, -0.2) is 19.6 Å². The van der Waals surface area contributed by atoms with Crippen molar-refractivity contribution in [2.45, 2.75) is 12.3 Å². The van der Waals surface area contributed by atoms with Crippen molar-refractivity contribution < 1.29 is 4.74 Å². The Kier molecular flexibility index (Phi) is 4.72. The van der Waals surface area contributed by atoms with E-state index in [9.17, 15) is 0 Å². The normalized spacial score (nSPS) is 20.2. The van der Waals surface area contributed by atoms with Crippen LogP contribution in [0.15, 0.2) is 53.5 Å². The van der Waals surface area contributed by atoms with E-state index >= 15 is 0 Å². The number of benzene rings is 2. The highest BCUT2D eigenvalue weighted by molar-refractivity contribution is 6.32. The molecule has 23 heavy (non-hydrogen) atoms. The monoisotopic (exact) mass is 329 g/mol. The molecule has 0 radical (unpaired) electrons. The maximum Gasteiger partial charge on any atom is 0.193 e. The molecule has 0 heterocycles. The molecule has 0 bridgehead atoms. The van der Waals surface area contributed by atoms with Crippen LogP contribution in [0.5, 0.6) is 5.75 Å². The molecule has 0 aliphatic heterocycles. The lowest BCUT2D eigenvalue weighted by atomic mass is 10.1. The number of aliphatic imine (C=N–C) groups is 1. The first-order valence-electron chi connectivity index (χ1n) is 7.63. The molecule has 0 saturated heterocycles. The Morgan fingerprint density at radius 3 is 2.78 bits per heavy atom. The summed E-state index contributed by atoms with van der Waals surface area (Å²) < 4.78 is 5.12. The quantitative estimate of drug-likeness (QED) is 0.646. The fourth-order valence-electron chi connectivity index (χ4n) is 2.71. The summed E-state index contributed by atoms with van der Waals surface area (Å²) in [4.78, 5) is 4.44. The molecule has 1 aliphatic rings. The number of hydrogen-bond acceptors (Lipinski definition) is 2. The molecule has 4 nitrogen and oxygen atoms in total. The largest absolute Gasteiger partial charge is 0.495 e. The van der Waals surface area contributed by atoms with Gasteiger partial charge in [-0.15, -0.1) is 0 Å². The van der Waals surface area contributed by atoms with Crippen molar-refractivity contribution in [3.63, 3.8) is 0 Å². The summed E-state index contributed by atoms with van der Waals surface area (Å²) in [6, 6.07) is 16.0. The van der Waals surface area contributed by atoms with Gasteiger partial charge in [0.15, 0.2) is 5.96 Å². The SMILES string of the molecule is COc1ccc(NC(N)=NCC2CC2c2ccccc2)cc1Cl. The van der Waals surface area contributed by atoms with Gasteiger partial charge in [-0.3, -0.25) is 4.99 Å². The molecular formula is C18H20ClN3O. The molecule has 0 spiro atoms. The van der Waals surface area contributed by atoms with Crippen molar-refractivity contribution in [2.75, 3.05) is 19.0 Å². The van der Waals surface area contributed by atoms with Crippen molar-refractivity contribution in [2.24, 2.45) is 16.6 Å². The van der Waals surface area contributed by atoms with Crippen LogP contribution in [0.3, 0.4) is 0 Å². The number of methoxy groups -OCH3 is 1. The molecule has 2 atom stereocenters. The molecular weight excluding hydrogens is 310 g/mol. The fraction of sp³-hybridized carbons (Fsp3) is 0.278. The van der Waals surface area contributed by atoms with Crippen molar-refractivity contribution in [3.05, 3.63) is 59.1 Å². The summed E-state index contributed by atoms with van der Waals surface area (Å²) in [7, 11) is 1.59. The number of nitrogens with zero attached hydrogens (tertiary/aromatic N) is 1. The lowest BCUT2D eigenvalue weighted by molar-refractivity contribution is 0.415. The summed E-state index contributed by atoms with van der Waals surface area (Å²) in [5.41, 5.74) is 8.14. The Labute approximate surface area is 141 Å². The van der Waals surface area contributed by atoms with Crippen molar-refractivity contribution in [3.8, 4) is 5.75 Å². The van der Waals surface area contributed by atoms with Gasteiger partial charge in [0.05, 0.1) is 12.1 Å². The van der Waals surface area contributed by atoms with Crippen molar-refractivity contribution >= 4 is 23.2 Å². The first kappa shape index (κ1) is 15.7. The number of hydrogen-bond donors (Lipinski definition) is 2. The van der Waals surface area contributed by atoms with Gasteiger partial charge in [-0.2, -0.15) is 0 Å². The summed E-state index contributed by atoms with van der Waals surface area (Å²) in [6.45, 7) is 0.738. The molecule has 0 amide bonds. The van der Waals surface area contributed by atoms with E-state index in [0.29, 0.717) is 28.6 Å². The fourth-order valence-corrected chi connectivity index (χ4v) is 2.96. The second kappa shape index (κ2) is 6.92. The van der Waals surface area contributed by atoms with Gasteiger partial charge in [0.1, 0.15) is 5.75 Å². The number of nitrogens with two attached hydrogens (primary N) is 1. The zero-order chi connectivity index (χ0) is 16.2. The van der Waals surface area contributed by atoms with E-state index < -0.39 is 0 Å². The van der Waals surface area contributed by atoms with Crippen molar-refractivity contribution in [1.29, 1.82) is 0 Å².